The Kier molecular flexibility index (Phi) is 11.5. The molecule has 2 N–H and O–H groups in total. The molecule has 0 aromatic heterocycles. The van der Waals surface area contributed by atoms with Gasteiger partial charge in [-0.3, -0.25) is 9.59 Å². The van der Waals surface area contributed by atoms with E-state index in [-0.39, 0.29) is 18.2 Å². The minimum Gasteiger partial charge on any atom is -0.497 e. The number of Topliss-reactive ketones (excluding diaryl/α,β-unsaturated/α-hetero) is 1. The smallest absolute Gasteiger partial charge is 0.220 e. The Labute approximate surface area is 223 Å². The van der Waals surface area contributed by atoms with Gasteiger partial charge in [-0.15, -0.1) is 0 Å². The second-order valence-corrected chi connectivity index (χ2v) is 8.62. The molecule has 202 valence electrons. The lowest BCUT2D eigenvalue weighted by atomic mass is 10.0. The molecule has 0 heterocycles. The molecule has 1 amide bonds. The number of hydrogen-bond donors (Lipinski definition) is 2. The lowest BCUT2D eigenvalue weighted by Gasteiger charge is -2.13. The van der Waals surface area contributed by atoms with Gasteiger partial charge in [-0.1, -0.05) is 12.1 Å². The molecule has 0 radical (unpaired) electrons. The van der Waals surface area contributed by atoms with Crippen molar-refractivity contribution in [2.45, 2.75) is 31.8 Å². The summed E-state index contributed by atoms with van der Waals surface area (Å²) >= 11 is 0. The fourth-order valence-corrected chi connectivity index (χ4v) is 3.69. The van der Waals surface area contributed by atoms with Crippen LogP contribution in [0.2, 0.25) is 0 Å². The number of aliphatic hydroxyl groups is 1. The monoisotopic (exact) mass is 521 g/mol. The van der Waals surface area contributed by atoms with Gasteiger partial charge in [-0.05, 0) is 79.1 Å². The minimum atomic E-state index is -0.831. The summed E-state index contributed by atoms with van der Waals surface area (Å²) < 4.78 is 21.5. The average molecular weight is 522 g/mol. The highest BCUT2D eigenvalue weighted by molar-refractivity contribution is 5.96. The standard InChI is InChI=1S/C30H35NO7/c1-35-24-11-7-22(8-12-24)28(32)5-3-4-6-30(34)31-21-29(33)23-9-13-26(14-10-23)37-19-20-38-27-17-15-25(36-2)16-18-27/h7-18,29,33H,3-6,19-21H2,1-2H3,(H,31,34)/t29-/m0/s1. The number of amides is 1. The number of benzene rings is 3. The maximum Gasteiger partial charge on any atom is 0.220 e. The lowest BCUT2D eigenvalue weighted by molar-refractivity contribution is -0.121. The predicted octanol–water partition coefficient (Wildman–Crippen LogP) is 4.75. The number of unbranched alkanes of at least 4 members (excludes halogenated alkanes) is 1. The number of carbonyl (C=O) groups is 2. The van der Waals surface area contributed by atoms with E-state index >= 15 is 0 Å². The summed E-state index contributed by atoms with van der Waals surface area (Å²) in [6, 6.07) is 21.4. The van der Waals surface area contributed by atoms with Crippen molar-refractivity contribution >= 4 is 11.7 Å². The molecule has 38 heavy (non-hydrogen) atoms. The molecular formula is C30H35NO7. The first kappa shape index (κ1) is 28.5. The summed E-state index contributed by atoms with van der Waals surface area (Å²) in [5.41, 5.74) is 1.31. The molecular weight excluding hydrogens is 486 g/mol. The van der Waals surface area contributed by atoms with Crippen molar-refractivity contribution in [3.63, 3.8) is 0 Å². The molecule has 3 aromatic carbocycles. The van der Waals surface area contributed by atoms with Crippen LogP contribution in [0.5, 0.6) is 23.0 Å². The first-order valence-electron chi connectivity index (χ1n) is 12.6. The van der Waals surface area contributed by atoms with Crippen molar-refractivity contribution in [1.29, 1.82) is 0 Å². The number of ether oxygens (including phenoxy) is 4. The van der Waals surface area contributed by atoms with Gasteiger partial charge in [0.2, 0.25) is 5.91 Å². The first-order chi connectivity index (χ1) is 18.5. The molecule has 0 saturated heterocycles. The summed E-state index contributed by atoms with van der Waals surface area (Å²) in [6.45, 7) is 0.869. The maximum absolute atomic E-state index is 12.2. The van der Waals surface area contributed by atoms with Crippen molar-refractivity contribution in [2.75, 3.05) is 34.0 Å². The molecule has 0 spiro atoms. The molecule has 8 heteroatoms. The van der Waals surface area contributed by atoms with E-state index in [4.69, 9.17) is 18.9 Å². The Morgan fingerprint density at radius 1 is 0.711 bits per heavy atom. The molecule has 0 aliphatic rings. The number of ketones is 1. The van der Waals surface area contributed by atoms with Gasteiger partial charge in [0.25, 0.3) is 0 Å². The van der Waals surface area contributed by atoms with E-state index < -0.39 is 6.10 Å². The van der Waals surface area contributed by atoms with Gasteiger partial charge < -0.3 is 29.4 Å². The molecule has 3 rings (SSSR count). The van der Waals surface area contributed by atoms with Crippen LogP contribution in [0.3, 0.4) is 0 Å². The Morgan fingerprint density at radius 2 is 1.18 bits per heavy atom. The Hall–Kier alpha value is -4.04. The average Bonchev–Trinajstić information content (AvgIpc) is 2.96. The molecule has 3 aromatic rings. The van der Waals surface area contributed by atoms with E-state index in [2.05, 4.69) is 5.32 Å². The number of rotatable bonds is 16. The third kappa shape index (κ3) is 9.44. The van der Waals surface area contributed by atoms with Crippen molar-refractivity contribution in [3.8, 4) is 23.0 Å². The number of carbonyl (C=O) groups excluding carboxylic acids is 2. The van der Waals surface area contributed by atoms with Gasteiger partial charge in [0, 0.05) is 24.9 Å². The highest BCUT2D eigenvalue weighted by Crippen LogP contribution is 2.19. The summed E-state index contributed by atoms with van der Waals surface area (Å²) in [4.78, 5) is 24.4. The van der Waals surface area contributed by atoms with Crippen molar-refractivity contribution in [2.24, 2.45) is 0 Å². The van der Waals surface area contributed by atoms with E-state index in [1.807, 2.05) is 24.3 Å². The van der Waals surface area contributed by atoms with Crippen molar-refractivity contribution in [3.05, 3.63) is 83.9 Å². The molecule has 0 fully saturated rings. The minimum absolute atomic E-state index is 0.0423. The molecule has 1 atom stereocenters. The van der Waals surface area contributed by atoms with Gasteiger partial charge >= 0.3 is 0 Å². The first-order valence-corrected chi connectivity index (χ1v) is 12.6. The summed E-state index contributed by atoms with van der Waals surface area (Å²) in [6.07, 6.45) is 1.06. The van der Waals surface area contributed by atoms with Crippen molar-refractivity contribution < 1.29 is 33.6 Å². The fraction of sp³-hybridized carbons (Fsp3) is 0.333. The fourth-order valence-electron chi connectivity index (χ4n) is 3.69. The summed E-state index contributed by atoms with van der Waals surface area (Å²) in [7, 11) is 3.19. The maximum atomic E-state index is 12.2. The molecule has 0 saturated carbocycles. The number of methoxy groups -OCH3 is 2. The Balaban J connectivity index is 1.28. The number of aliphatic hydroxyl groups excluding tert-OH is 1. The molecule has 0 aliphatic carbocycles. The van der Waals surface area contributed by atoms with E-state index in [0.717, 1.165) is 11.5 Å². The van der Waals surface area contributed by atoms with E-state index in [9.17, 15) is 14.7 Å². The van der Waals surface area contributed by atoms with E-state index in [0.29, 0.717) is 61.5 Å². The highest BCUT2D eigenvalue weighted by Gasteiger charge is 2.11. The second kappa shape index (κ2) is 15.3. The van der Waals surface area contributed by atoms with Crippen LogP contribution in [0.4, 0.5) is 0 Å². The van der Waals surface area contributed by atoms with Crippen LogP contribution in [0.25, 0.3) is 0 Å². The van der Waals surface area contributed by atoms with Crippen LogP contribution in [0.15, 0.2) is 72.8 Å². The highest BCUT2D eigenvalue weighted by atomic mass is 16.5. The molecule has 8 nitrogen and oxygen atoms in total. The number of hydrogen-bond acceptors (Lipinski definition) is 7. The zero-order valence-corrected chi connectivity index (χ0v) is 21.9. The van der Waals surface area contributed by atoms with Gasteiger partial charge in [0.05, 0.1) is 20.3 Å². The van der Waals surface area contributed by atoms with Crippen molar-refractivity contribution in [1.82, 2.24) is 5.32 Å². The van der Waals surface area contributed by atoms with Gasteiger partial charge in [-0.2, -0.15) is 0 Å². The quantitative estimate of drug-likeness (QED) is 0.207. The summed E-state index contributed by atoms with van der Waals surface area (Å²) in [5, 5.41) is 13.2. The van der Waals surface area contributed by atoms with Gasteiger partial charge in [0.1, 0.15) is 36.2 Å². The summed E-state index contributed by atoms with van der Waals surface area (Å²) in [5.74, 6) is 2.75. The van der Waals surface area contributed by atoms with Crippen LogP contribution in [-0.2, 0) is 4.79 Å². The van der Waals surface area contributed by atoms with Crippen LogP contribution < -0.4 is 24.3 Å². The molecule has 0 bridgehead atoms. The van der Waals surface area contributed by atoms with Crippen LogP contribution in [0, 0.1) is 0 Å². The topological polar surface area (TPSA) is 103 Å². The Morgan fingerprint density at radius 3 is 1.74 bits per heavy atom. The van der Waals surface area contributed by atoms with Crippen LogP contribution in [-0.4, -0.2) is 50.8 Å². The zero-order valence-electron chi connectivity index (χ0n) is 21.9. The van der Waals surface area contributed by atoms with Crippen LogP contribution in [0.1, 0.15) is 47.7 Å². The van der Waals surface area contributed by atoms with Gasteiger partial charge in [0.15, 0.2) is 5.78 Å². The third-order valence-electron chi connectivity index (χ3n) is 5.91. The largest absolute Gasteiger partial charge is 0.497 e. The second-order valence-electron chi connectivity index (χ2n) is 8.62. The zero-order chi connectivity index (χ0) is 27.2. The normalized spacial score (nSPS) is 11.3. The predicted molar refractivity (Wildman–Crippen MR) is 144 cm³/mol. The number of nitrogens with one attached hydrogen (secondary N) is 1. The molecule has 0 aliphatic heterocycles. The third-order valence-corrected chi connectivity index (χ3v) is 5.91. The van der Waals surface area contributed by atoms with E-state index in [1.165, 1.54) is 0 Å². The van der Waals surface area contributed by atoms with Gasteiger partial charge in [-0.25, -0.2) is 0 Å². The van der Waals surface area contributed by atoms with Crippen LogP contribution >= 0.6 is 0 Å². The van der Waals surface area contributed by atoms with E-state index in [1.54, 1.807) is 62.8 Å². The molecule has 0 unspecified atom stereocenters. The Bertz CT molecular complexity index is 1130. The lowest BCUT2D eigenvalue weighted by Crippen LogP contribution is -2.28. The SMILES string of the molecule is COc1ccc(OCCOc2ccc([C@@H](O)CNC(=O)CCCCC(=O)c3ccc(OC)cc3)cc2)cc1.